The molecule has 1 N–H and O–H groups in total. The fourth-order valence-corrected chi connectivity index (χ4v) is 2.92. The fourth-order valence-electron chi connectivity index (χ4n) is 2.06. The predicted octanol–water partition coefficient (Wildman–Crippen LogP) is 4.81. The second-order valence-corrected chi connectivity index (χ2v) is 6.85. The maximum atomic E-state index is 12.3. The molecule has 1 amide bonds. The van der Waals surface area contributed by atoms with Crippen molar-refractivity contribution in [2.45, 2.75) is 19.3 Å². The van der Waals surface area contributed by atoms with Gasteiger partial charge in [-0.15, -0.1) is 0 Å². The van der Waals surface area contributed by atoms with E-state index in [2.05, 4.69) is 47.2 Å². The van der Waals surface area contributed by atoms with E-state index in [4.69, 9.17) is 11.6 Å². The van der Waals surface area contributed by atoms with Crippen LogP contribution in [0, 0.1) is 0 Å². The first-order valence-electron chi connectivity index (χ1n) is 6.69. The van der Waals surface area contributed by atoms with E-state index in [1.54, 1.807) is 18.2 Å². The van der Waals surface area contributed by atoms with Gasteiger partial charge >= 0.3 is 0 Å². The Kier molecular flexibility index (Phi) is 5.07. The molecule has 0 radical (unpaired) electrons. The van der Waals surface area contributed by atoms with Gasteiger partial charge in [0.1, 0.15) is 0 Å². The third-order valence-corrected chi connectivity index (χ3v) is 4.31. The minimum absolute atomic E-state index is 0.109. The lowest BCUT2D eigenvalue weighted by atomic mass is 9.84. The van der Waals surface area contributed by atoms with Crippen molar-refractivity contribution in [3.63, 3.8) is 0 Å². The molecule has 0 bridgehead atoms. The average Bonchev–Trinajstić information content (AvgIpc) is 2.46. The summed E-state index contributed by atoms with van der Waals surface area (Å²) in [6.45, 7) is 4.78. The topological polar surface area (TPSA) is 29.1 Å². The van der Waals surface area contributed by atoms with Crippen molar-refractivity contribution in [1.82, 2.24) is 5.32 Å². The largest absolute Gasteiger partial charge is 0.351 e. The summed E-state index contributed by atoms with van der Waals surface area (Å²) >= 11 is 9.26. The first-order chi connectivity index (χ1) is 9.90. The lowest BCUT2D eigenvalue weighted by Gasteiger charge is -2.25. The van der Waals surface area contributed by atoms with Crippen LogP contribution in [-0.4, -0.2) is 12.5 Å². The van der Waals surface area contributed by atoms with E-state index in [0.29, 0.717) is 21.6 Å². The highest BCUT2D eigenvalue weighted by molar-refractivity contribution is 9.10. The van der Waals surface area contributed by atoms with Crippen molar-refractivity contribution in [2.24, 2.45) is 0 Å². The van der Waals surface area contributed by atoms with E-state index in [0.717, 1.165) is 0 Å². The quantitative estimate of drug-likeness (QED) is 0.826. The molecule has 110 valence electrons. The molecule has 0 heterocycles. The number of hydrogen-bond acceptors (Lipinski definition) is 1. The van der Waals surface area contributed by atoms with Crippen LogP contribution in [0.5, 0.6) is 0 Å². The zero-order valence-electron chi connectivity index (χ0n) is 12.0. The van der Waals surface area contributed by atoms with Crippen LogP contribution in [0.4, 0.5) is 0 Å². The SMILES string of the molecule is CC(C)(CNC(=O)c1ccc(Cl)cc1Br)c1ccccc1. The molecule has 0 aromatic heterocycles. The van der Waals surface area contributed by atoms with Gasteiger partial charge in [-0.25, -0.2) is 0 Å². The Morgan fingerprint density at radius 1 is 1.19 bits per heavy atom. The number of carbonyl (C=O) groups excluding carboxylic acids is 1. The van der Waals surface area contributed by atoms with E-state index < -0.39 is 0 Å². The molecule has 0 aliphatic heterocycles. The number of amides is 1. The summed E-state index contributed by atoms with van der Waals surface area (Å²) in [6, 6.07) is 15.3. The molecular weight excluding hydrogens is 350 g/mol. The van der Waals surface area contributed by atoms with Crippen LogP contribution in [0.15, 0.2) is 53.0 Å². The molecule has 2 aromatic carbocycles. The minimum Gasteiger partial charge on any atom is -0.351 e. The standard InChI is InChI=1S/C17H17BrClNO/c1-17(2,12-6-4-3-5-7-12)11-20-16(21)14-9-8-13(19)10-15(14)18/h3-10H,11H2,1-2H3,(H,20,21). The number of benzene rings is 2. The minimum atomic E-state index is -0.129. The first kappa shape index (κ1) is 16.1. The fraction of sp³-hybridized carbons (Fsp3) is 0.235. The molecular formula is C17H17BrClNO. The molecule has 21 heavy (non-hydrogen) atoms. The summed E-state index contributed by atoms with van der Waals surface area (Å²) in [5.74, 6) is -0.109. The number of nitrogens with one attached hydrogen (secondary N) is 1. The summed E-state index contributed by atoms with van der Waals surface area (Å²) in [4.78, 5) is 12.3. The summed E-state index contributed by atoms with van der Waals surface area (Å²) < 4.78 is 0.699. The van der Waals surface area contributed by atoms with Gasteiger partial charge in [0.15, 0.2) is 0 Å². The van der Waals surface area contributed by atoms with E-state index in [1.165, 1.54) is 5.56 Å². The number of carbonyl (C=O) groups is 1. The lowest BCUT2D eigenvalue weighted by Crippen LogP contribution is -2.36. The maximum Gasteiger partial charge on any atom is 0.252 e. The second-order valence-electron chi connectivity index (χ2n) is 5.56. The Balaban J connectivity index is 2.07. The summed E-state index contributed by atoms with van der Waals surface area (Å²) in [6.07, 6.45) is 0. The van der Waals surface area contributed by atoms with Gasteiger partial charge < -0.3 is 5.32 Å². The molecule has 0 atom stereocenters. The van der Waals surface area contributed by atoms with Crippen LogP contribution in [0.3, 0.4) is 0 Å². The van der Waals surface area contributed by atoms with Crippen molar-refractivity contribution in [2.75, 3.05) is 6.54 Å². The van der Waals surface area contributed by atoms with Gasteiger partial charge in [-0.3, -0.25) is 4.79 Å². The average molecular weight is 367 g/mol. The molecule has 0 saturated carbocycles. The van der Waals surface area contributed by atoms with Gasteiger partial charge in [-0.1, -0.05) is 55.8 Å². The third kappa shape index (κ3) is 4.08. The molecule has 0 aliphatic rings. The second kappa shape index (κ2) is 6.63. The highest BCUT2D eigenvalue weighted by Crippen LogP contribution is 2.24. The number of hydrogen-bond donors (Lipinski definition) is 1. The van der Waals surface area contributed by atoms with Crippen LogP contribution < -0.4 is 5.32 Å². The molecule has 0 saturated heterocycles. The molecule has 2 aromatic rings. The van der Waals surface area contributed by atoms with E-state index in [9.17, 15) is 4.79 Å². The molecule has 4 heteroatoms. The highest BCUT2D eigenvalue weighted by Gasteiger charge is 2.21. The van der Waals surface area contributed by atoms with Crippen molar-refractivity contribution < 1.29 is 4.79 Å². The van der Waals surface area contributed by atoms with Crippen LogP contribution in [0.25, 0.3) is 0 Å². The first-order valence-corrected chi connectivity index (χ1v) is 7.86. The van der Waals surface area contributed by atoms with Gasteiger partial charge in [0.2, 0.25) is 0 Å². The molecule has 0 fully saturated rings. The van der Waals surface area contributed by atoms with Crippen molar-refractivity contribution in [3.05, 3.63) is 69.2 Å². The van der Waals surface area contributed by atoms with Crippen LogP contribution in [0.2, 0.25) is 5.02 Å². The smallest absolute Gasteiger partial charge is 0.252 e. The summed E-state index contributed by atoms with van der Waals surface area (Å²) in [5.41, 5.74) is 1.65. The Labute approximate surface area is 138 Å². The summed E-state index contributed by atoms with van der Waals surface area (Å²) in [7, 11) is 0. The molecule has 0 unspecified atom stereocenters. The Hall–Kier alpha value is -1.32. The van der Waals surface area contributed by atoms with Crippen molar-refractivity contribution in [1.29, 1.82) is 0 Å². The van der Waals surface area contributed by atoms with Gasteiger partial charge in [-0.05, 0) is 39.7 Å². The van der Waals surface area contributed by atoms with E-state index >= 15 is 0 Å². The Morgan fingerprint density at radius 3 is 2.48 bits per heavy atom. The zero-order chi connectivity index (χ0) is 15.5. The van der Waals surface area contributed by atoms with Crippen LogP contribution >= 0.6 is 27.5 Å². The van der Waals surface area contributed by atoms with E-state index in [1.807, 2.05) is 18.2 Å². The highest BCUT2D eigenvalue weighted by atomic mass is 79.9. The van der Waals surface area contributed by atoms with E-state index in [-0.39, 0.29) is 11.3 Å². The van der Waals surface area contributed by atoms with Gasteiger partial charge in [0.05, 0.1) is 5.56 Å². The molecule has 2 nitrogen and oxygen atoms in total. The van der Waals surface area contributed by atoms with Gasteiger partial charge in [-0.2, -0.15) is 0 Å². The van der Waals surface area contributed by atoms with Gasteiger partial charge in [0.25, 0.3) is 5.91 Å². The zero-order valence-corrected chi connectivity index (χ0v) is 14.3. The van der Waals surface area contributed by atoms with Crippen LogP contribution in [0.1, 0.15) is 29.8 Å². The molecule has 0 spiro atoms. The molecule has 0 aliphatic carbocycles. The van der Waals surface area contributed by atoms with Crippen molar-refractivity contribution >= 4 is 33.4 Å². The number of rotatable bonds is 4. The Bertz CT molecular complexity index is 640. The van der Waals surface area contributed by atoms with Crippen LogP contribution in [-0.2, 0) is 5.41 Å². The molecule has 2 rings (SSSR count). The summed E-state index contributed by atoms with van der Waals surface area (Å²) in [5, 5.41) is 3.59. The number of halogens is 2. The van der Waals surface area contributed by atoms with Crippen molar-refractivity contribution in [3.8, 4) is 0 Å². The monoisotopic (exact) mass is 365 g/mol. The van der Waals surface area contributed by atoms with Gasteiger partial charge in [0, 0.05) is 21.5 Å². The normalized spacial score (nSPS) is 11.2. The predicted molar refractivity (Wildman–Crippen MR) is 91.0 cm³/mol. The Morgan fingerprint density at radius 2 is 1.86 bits per heavy atom. The maximum absolute atomic E-state index is 12.3. The third-order valence-electron chi connectivity index (χ3n) is 3.42. The lowest BCUT2D eigenvalue weighted by molar-refractivity contribution is 0.0945.